The Balaban J connectivity index is 1.38. The lowest BCUT2D eigenvalue weighted by Gasteiger charge is -2.43. The zero-order valence-electron chi connectivity index (χ0n) is 25.6. The maximum Gasteiger partial charge on any atom is 0.306 e. The molecule has 0 aromatic heterocycles. The number of hydrogen-bond donors (Lipinski definition) is 1. The summed E-state index contributed by atoms with van der Waals surface area (Å²) in [6.45, 7) is -2.49. The second-order valence-electron chi connectivity index (χ2n) is 11.7. The van der Waals surface area contributed by atoms with E-state index in [9.17, 15) is 31.9 Å². The van der Waals surface area contributed by atoms with E-state index in [4.69, 9.17) is 19.1 Å². The molecule has 1 heterocycles. The fourth-order valence-electron chi connectivity index (χ4n) is 7.18. The average molecular weight is 646 g/mol. The van der Waals surface area contributed by atoms with Gasteiger partial charge in [0.1, 0.15) is 28.7 Å². The number of hydrogen-bond acceptors (Lipinski definition) is 5. The van der Waals surface area contributed by atoms with E-state index in [0.717, 1.165) is 18.2 Å². The molecular weight excluding hydrogens is 612 g/mol. The molecule has 0 radical (unpaired) electrons. The minimum atomic E-state index is -4.23. The van der Waals surface area contributed by atoms with Crippen molar-refractivity contribution in [1.29, 1.82) is 0 Å². The lowest BCUT2D eigenvalue weighted by atomic mass is 9.77. The number of carbonyl (C=O) groups is 2. The van der Waals surface area contributed by atoms with Gasteiger partial charge in [-0.3, -0.25) is 9.59 Å². The summed E-state index contributed by atoms with van der Waals surface area (Å²) in [4.78, 5) is 26.9. The van der Waals surface area contributed by atoms with Gasteiger partial charge in [0.15, 0.2) is 9.84 Å². The first kappa shape index (κ1) is 28.0. The highest BCUT2D eigenvalue weighted by atomic mass is 35.5. The molecule has 2 atom stereocenters. The van der Waals surface area contributed by atoms with Crippen molar-refractivity contribution in [1.82, 2.24) is 4.90 Å². The zero-order valence-corrected chi connectivity index (χ0v) is 25.2. The van der Waals surface area contributed by atoms with Crippen molar-refractivity contribution in [2.75, 3.05) is 6.54 Å². The Labute approximate surface area is 262 Å². The van der Waals surface area contributed by atoms with Crippen LogP contribution in [0.15, 0.2) is 65.6 Å². The van der Waals surface area contributed by atoms with Crippen molar-refractivity contribution < 1.29 is 39.4 Å². The van der Waals surface area contributed by atoms with E-state index in [2.05, 4.69) is 0 Å². The predicted molar refractivity (Wildman–Crippen MR) is 159 cm³/mol. The summed E-state index contributed by atoms with van der Waals surface area (Å²) in [5, 5.41) is 9.25. The number of carbonyl (C=O) groups excluding carboxylic acids is 1. The molecule has 1 saturated carbocycles. The fourth-order valence-corrected chi connectivity index (χ4v) is 9.75. The number of benzene rings is 3. The molecule has 1 N–H and O–H groups in total. The Morgan fingerprint density at radius 3 is 2.41 bits per heavy atom. The molecule has 0 bridgehead atoms. The van der Waals surface area contributed by atoms with Crippen LogP contribution in [0.4, 0.5) is 8.78 Å². The van der Waals surface area contributed by atoms with Gasteiger partial charge < -0.3 is 14.7 Å². The summed E-state index contributed by atoms with van der Waals surface area (Å²) in [6.07, 6.45) is 2.26. The van der Waals surface area contributed by atoms with Gasteiger partial charge in [-0.25, -0.2) is 17.2 Å². The quantitative estimate of drug-likeness (QED) is 0.303. The van der Waals surface area contributed by atoms with Crippen molar-refractivity contribution in [3.63, 3.8) is 0 Å². The van der Waals surface area contributed by atoms with E-state index in [1.165, 1.54) is 36.4 Å². The maximum atomic E-state index is 14.6. The number of halogens is 3. The highest BCUT2D eigenvalue weighted by Crippen LogP contribution is 2.53. The summed E-state index contributed by atoms with van der Waals surface area (Å²) in [6, 6.07) is 12.1. The second-order valence-corrected chi connectivity index (χ2v) is 14.3. The Morgan fingerprint density at radius 1 is 1.02 bits per heavy atom. The number of carboxylic acids is 1. The van der Waals surface area contributed by atoms with Gasteiger partial charge >= 0.3 is 5.97 Å². The van der Waals surface area contributed by atoms with Crippen LogP contribution in [-0.2, 0) is 37.2 Å². The number of fused-ring (bicyclic) bond motifs is 3. The van der Waals surface area contributed by atoms with E-state index in [-0.39, 0.29) is 41.0 Å². The van der Waals surface area contributed by atoms with Crippen LogP contribution in [0.2, 0.25) is 5.02 Å². The predicted octanol–water partition coefficient (Wildman–Crippen LogP) is 6.30. The molecule has 0 unspecified atom stereocenters. The molecule has 3 aliphatic rings. The molecule has 0 spiro atoms. The monoisotopic (exact) mass is 645 g/mol. The highest BCUT2D eigenvalue weighted by Gasteiger charge is 2.61. The first-order valence-corrected chi connectivity index (χ1v) is 16.4. The van der Waals surface area contributed by atoms with Crippen molar-refractivity contribution in [3.8, 4) is 5.75 Å². The van der Waals surface area contributed by atoms with Crippen LogP contribution in [0.1, 0.15) is 58.0 Å². The van der Waals surface area contributed by atoms with Crippen molar-refractivity contribution in [2.24, 2.45) is 11.8 Å². The van der Waals surface area contributed by atoms with Crippen LogP contribution < -0.4 is 4.74 Å². The molecule has 6 rings (SSSR count). The average Bonchev–Trinajstić information content (AvgIpc) is 3.42. The highest BCUT2D eigenvalue weighted by molar-refractivity contribution is 7.92. The molecule has 2 fully saturated rings. The number of aliphatic carboxylic acids is 1. The Kier molecular flexibility index (Phi) is 7.50. The van der Waals surface area contributed by atoms with Crippen LogP contribution in [0.5, 0.6) is 5.75 Å². The van der Waals surface area contributed by atoms with Crippen molar-refractivity contribution in [2.45, 2.75) is 67.2 Å². The van der Waals surface area contributed by atoms with Crippen LogP contribution in [0, 0.1) is 23.5 Å². The summed E-state index contributed by atoms with van der Waals surface area (Å²) >= 11 is 6.10. The zero-order chi connectivity index (χ0) is 33.0. The number of nitrogens with zero attached hydrogens (tertiary/aromatic N) is 1. The Bertz CT molecular complexity index is 1780. The number of aryl methyl sites for hydroxylation is 1. The number of ether oxygens (including phenoxy) is 1. The largest absolute Gasteiger partial charge is 0.489 e. The van der Waals surface area contributed by atoms with Gasteiger partial charge in [-0.1, -0.05) is 23.7 Å². The van der Waals surface area contributed by atoms with Crippen LogP contribution in [-0.4, -0.2) is 42.9 Å². The smallest absolute Gasteiger partial charge is 0.306 e. The number of carboxylic acid groups (broad SMARTS) is 1. The first-order valence-electron chi connectivity index (χ1n) is 15.6. The van der Waals surface area contributed by atoms with E-state index in [0.29, 0.717) is 43.2 Å². The van der Waals surface area contributed by atoms with E-state index >= 15 is 0 Å². The molecule has 1 aliphatic heterocycles. The molecule has 1 amide bonds. The molecule has 7 nitrogen and oxygen atoms in total. The summed E-state index contributed by atoms with van der Waals surface area (Å²) in [7, 11) is -4.23. The maximum absolute atomic E-state index is 14.6. The third kappa shape index (κ3) is 5.15. The van der Waals surface area contributed by atoms with Crippen LogP contribution in [0.25, 0.3) is 0 Å². The summed E-state index contributed by atoms with van der Waals surface area (Å²) in [5.74, 6) is -3.42. The SMILES string of the molecule is [2H]C([2H])(Oc1ccc2c(c1)CC[C@H]1N(C(=O)C3CCC(C(=O)O)CC3)CC[C@@]21S(=O)(=O)c1ccc(F)cc1)c1c(F)cccc1Cl. The lowest BCUT2D eigenvalue weighted by Crippen LogP contribution is -2.53. The van der Waals surface area contributed by atoms with E-state index in [1.807, 2.05) is 0 Å². The van der Waals surface area contributed by atoms with E-state index < -0.39 is 62.2 Å². The minimum Gasteiger partial charge on any atom is -0.489 e. The second kappa shape index (κ2) is 11.8. The van der Waals surface area contributed by atoms with Crippen molar-refractivity contribution in [3.05, 3.63) is 94.0 Å². The molecule has 232 valence electrons. The van der Waals surface area contributed by atoms with E-state index in [1.54, 1.807) is 11.0 Å². The van der Waals surface area contributed by atoms with Gasteiger partial charge in [0.25, 0.3) is 0 Å². The molecule has 11 heteroatoms. The molecule has 44 heavy (non-hydrogen) atoms. The molecular formula is C33H32ClF2NO6S. The van der Waals surface area contributed by atoms with Gasteiger partial charge in [-0.15, -0.1) is 0 Å². The Hall–Kier alpha value is -3.50. The number of likely N-dealkylation sites (tertiary alicyclic amines) is 1. The van der Waals surface area contributed by atoms with Crippen LogP contribution >= 0.6 is 11.6 Å². The van der Waals surface area contributed by atoms with Gasteiger partial charge in [0.2, 0.25) is 5.91 Å². The third-order valence-electron chi connectivity index (χ3n) is 9.40. The first-order chi connectivity index (χ1) is 21.8. The van der Waals surface area contributed by atoms with Gasteiger partial charge in [-0.2, -0.15) is 0 Å². The van der Waals surface area contributed by atoms with Crippen LogP contribution in [0.3, 0.4) is 0 Å². The Morgan fingerprint density at radius 2 is 1.73 bits per heavy atom. The van der Waals surface area contributed by atoms with Gasteiger partial charge in [0, 0.05) is 18.0 Å². The molecule has 1 saturated heterocycles. The lowest BCUT2D eigenvalue weighted by molar-refractivity contribution is -0.146. The standard InChI is InChI=1S/C33H32ClF2NO6S/c34-28-2-1-3-29(36)26(28)19-43-24-11-14-27-22(18-24)8-15-30-33(27,44(41,42)25-12-9-23(35)10-13-25)16-17-37(30)31(38)20-4-6-21(7-5-20)32(39)40/h1-3,9-14,18,20-21,30H,4-8,15-17,19H2,(H,39,40)/t20?,21?,30-,33-/m1/s1/i19D2. The minimum absolute atomic E-state index is 0.0389. The number of sulfone groups is 1. The number of amides is 1. The summed E-state index contributed by atoms with van der Waals surface area (Å²) in [5.41, 5.74) is 0.549. The summed E-state index contributed by atoms with van der Waals surface area (Å²) < 4.78 is 78.6. The molecule has 3 aromatic rings. The fraction of sp³-hybridized carbons (Fsp3) is 0.394. The third-order valence-corrected chi connectivity index (χ3v) is 12.3. The molecule has 2 aliphatic carbocycles. The topological polar surface area (TPSA) is 101 Å². The van der Waals surface area contributed by atoms with Gasteiger partial charge in [0.05, 0.1) is 24.6 Å². The normalized spacial score (nSPS) is 25.8. The van der Waals surface area contributed by atoms with Crippen molar-refractivity contribution >= 4 is 33.3 Å². The van der Waals surface area contributed by atoms with Gasteiger partial charge in [-0.05, 0) is 105 Å². The molecule has 3 aromatic carbocycles. The number of rotatable bonds is 7.